The minimum Gasteiger partial charge on any atom is -0.459 e. The van der Waals surface area contributed by atoms with Crippen LogP contribution < -0.4 is 10.2 Å². The maximum Gasteiger partial charge on any atom is 0.311 e. The van der Waals surface area contributed by atoms with Crippen molar-refractivity contribution in [3.05, 3.63) is 23.4 Å². The molecule has 4 aliphatic heterocycles. The van der Waals surface area contributed by atoms with Crippen molar-refractivity contribution in [2.75, 3.05) is 38.6 Å². The molecule has 5 rings (SSSR count). The smallest absolute Gasteiger partial charge is 0.311 e. The van der Waals surface area contributed by atoms with E-state index in [4.69, 9.17) is 28.7 Å². The third-order valence-electron chi connectivity index (χ3n) is 12.9. The summed E-state index contributed by atoms with van der Waals surface area (Å²) in [5.41, 5.74) is -1.27. The van der Waals surface area contributed by atoms with Crippen LogP contribution in [0.2, 0.25) is 0 Å². The van der Waals surface area contributed by atoms with Crippen molar-refractivity contribution in [3.8, 4) is 6.07 Å². The number of pyridine rings is 1. The molecule has 2 bridgehead atoms. The third kappa shape index (κ3) is 9.18. The van der Waals surface area contributed by atoms with Crippen LogP contribution in [0.25, 0.3) is 0 Å². The molecule has 0 radical (unpaired) electrons. The SMILES string of the molecule is CC[C@H]1OC(=O)[C@H](C)[C@H]2OC3(CCN(c4nc(C)ccc4C#N)CC3)O[C@](C)(C[C@@H](C)CN[C@H](C)[C@@H](O)[C@]1(C)O)[C@H](O[C@H]1[C@H](C)O[C@H](C)C[C@@H]1N(C)C)[C@H]2C. The maximum absolute atomic E-state index is 14.3. The zero-order valence-electron chi connectivity index (χ0n) is 35.4. The summed E-state index contributed by atoms with van der Waals surface area (Å²) in [6.07, 6.45) is -1.19. The number of piperidine rings is 1. The van der Waals surface area contributed by atoms with Crippen LogP contribution >= 0.6 is 0 Å². The predicted octanol–water partition coefficient (Wildman–Crippen LogP) is 4.34. The number of nitrogens with one attached hydrogen (secondary N) is 1. The highest BCUT2D eigenvalue weighted by Crippen LogP contribution is 2.48. The number of aryl methyl sites for hydroxylation is 1. The van der Waals surface area contributed by atoms with E-state index in [-0.39, 0.29) is 36.2 Å². The number of aromatic nitrogens is 1. The minimum absolute atomic E-state index is 0.0402. The fourth-order valence-corrected chi connectivity index (χ4v) is 9.84. The number of anilines is 1. The number of hydrogen-bond donors (Lipinski definition) is 3. The van der Waals surface area contributed by atoms with Crippen molar-refractivity contribution < 1.29 is 38.7 Å². The normalized spacial score (nSPS) is 41.9. The highest BCUT2D eigenvalue weighted by atomic mass is 16.7. The van der Waals surface area contributed by atoms with Crippen LogP contribution in [0.1, 0.15) is 106 Å². The first-order valence-corrected chi connectivity index (χ1v) is 20.6. The average Bonchev–Trinajstić information content (AvgIpc) is 3.20. The molecule has 3 N–H and O–H groups in total. The van der Waals surface area contributed by atoms with Crippen LogP contribution in [0, 0.1) is 36.0 Å². The lowest BCUT2D eigenvalue weighted by atomic mass is 9.77. The fourth-order valence-electron chi connectivity index (χ4n) is 9.84. The fraction of sp³-hybridized carbons (Fsp3) is 0.833. The Morgan fingerprint density at radius 1 is 1.13 bits per heavy atom. The Hall–Kier alpha value is -2.41. The maximum atomic E-state index is 14.3. The Bertz CT molecular complexity index is 1510. The molecule has 0 unspecified atom stereocenters. The van der Waals surface area contributed by atoms with Gasteiger partial charge in [0, 0.05) is 49.6 Å². The number of cyclic esters (lactones) is 1. The second-order valence-electron chi connectivity index (χ2n) is 17.9. The van der Waals surface area contributed by atoms with Gasteiger partial charge in [-0.05, 0) is 106 Å². The molecule has 0 aromatic carbocycles. The first-order valence-electron chi connectivity index (χ1n) is 20.6. The summed E-state index contributed by atoms with van der Waals surface area (Å²) in [6.45, 7) is 21.1. The summed E-state index contributed by atoms with van der Waals surface area (Å²) in [5, 5.41) is 36.5. The molecule has 0 amide bonds. The standard InChI is InChI=1S/C42H69N5O8/c1-13-33-41(10,50)36(48)29(7)44-23-24(2)21-40(9)37(53-35-30(8)51-26(4)20-32(35)46(11)12)27(5)34(28(6)39(49)52-33)54-42(55-40)16-18-47(19-17-42)38-31(22-43)15-14-25(3)45-38/h14-15,24,26-30,32-37,44,48,50H,13,16-21,23H2,1-12H3/t24-,26-,27+,28-,29-,30+,32+,33-,34+,35+,36-,37-,40-,41-/m1/s1. The number of fused-ring (bicyclic) bond motifs is 3. The molecule has 13 heteroatoms. The van der Waals surface area contributed by atoms with Crippen molar-refractivity contribution in [2.45, 2.75) is 173 Å². The molecule has 1 aromatic rings. The number of carbonyl (C=O) groups excluding carboxylic acids is 1. The molecule has 5 heterocycles. The minimum atomic E-state index is -1.71. The quantitative estimate of drug-likeness (QED) is 0.364. The van der Waals surface area contributed by atoms with Crippen LogP contribution in [-0.2, 0) is 28.5 Å². The molecular formula is C42H69N5O8. The first kappa shape index (κ1) is 43.7. The van der Waals surface area contributed by atoms with E-state index >= 15 is 0 Å². The van der Waals surface area contributed by atoms with Gasteiger partial charge in [0.1, 0.15) is 29.7 Å². The van der Waals surface area contributed by atoms with Gasteiger partial charge in [-0.3, -0.25) is 4.79 Å². The molecule has 310 valence electrons. The Labute approximate surface area is 329 Å². The van der Waals surface area contributed by atoms with Crippen molar-refractivity contribution in [3.63, 3.8) is 0 Å². The number of esters is 1. The number of likely N-dealkylation sites (N-methyl/N-ethyl adjacent to an activating group) is 1. The van der Waals surface area contributed by atoms with Gasteiger partial charge in [-0.1, -0.05) is 20.8 Å². The molecule has 55 heavy (non-hydrogen) atoms. The van der Waals surface area contributed by atoms with E-state index in [2.05, 4.69) is 69.9 Å². The summed E-state index contributed by atoms with van der Waals surface area (Å²) in [5.74, 6) is -2.06. The largest absolute Gasteiger partial charge is 0.459 e. The van der Waals surface area contributed by atoms with Gasteiger partial charge < -0.3 is 49.0 Å². The van der Waals surface area contributed by atoms with E-state index in [1.54, 1.807) is 0 Å². The molecule has 13 nitrogen and oxygen atoms in total. The van der Waals surface area contributed by atoms with E-state index in [9.17, 15) is 20.3 Å². The number of carbonyl (C=O) groups is 1. The summed E-state index contributed by atoms with van der Waals surface area (Å²) < 4.78 is 34.7. The molecular weight excluding hydrogens is 702 g/mol. The lowest BCUT2D eigenvalue weighted by Crippen LogP contribution is -2.60. The number of nitrogens with zero attached hydrogens (tertiary/aromatic N) is 4. The second kappa shape index (κ2) is 17.2. The topological polar surface area (TPSA) is 159 Å². The molecule has 4 saturated heterocycles. The van der Waals surface area contributed by atoms with Gasteiger partial charge in [0.15, 0.2) is 5.79 Å². The Morgan fingerprint density at radius 3 is 2.42 bits per heavy atom. The van der Waals surface area contributed by atoms with Crippen molar-refractivity contribution in [1.82, 2.24) is 15.2 Å². The highest BCUT2D eigenvalue weighted by Gasteiger charge is 2.58. The summed E-state index contributed by atoms with van der Waals surface area (Å²) in [4.78, 5) is 23.4. The first-order chi connectivity index (χ1) is 25.8. The van der Waals surface area contributed by atoms with E-state index in [0.29, 0.717) is 56.7 Å². The molecule has 1 spiro atoms. The van der Waals surface area contributed by atoms with Gasteiger partial charge in [0.25, 0.3) is 0 Å². The van der Waals surface area contributed by atoms with Crippen molar-refractivity contribution in [1.29, 1.82) is 5.26 Å². The van der Waals surface area contributed by atoms with Crippen LogP contribution in [0.15, 0.2) is 12.1 Å². The van der Waals surface area contributed by atoms with E-state index < -0.39 is 59.3 Å². The second-order valence-corrected chi connectivity index (χ2v) is 17.9. The van der Waals surface area contributed by atoms with Gasteiger partial charge in [-0.2, -0.15) is 5.26 Å². The molecule has 0 aliphatic carbocycles. The van der Waals surface area contributed by atoms with E-state index in [1.165, 1.54) is 6.92 Å². The average molecular weight is 772 g/mol. The van der Waals surface area contributed by atoms with Crippen LogP contribution in [0.4, 0.5) is 5.82 Å². The van der Waals surface area contributed by atoms with Crippen molar-refractivity contribution >= 4 is 11.8 Å². The predicted molar refractivity (Wildman–Crippen MR) is 209 cm³/mol. The number of rotatable bonds is 5. The zero-order valence-corrected chi connectivity index (χ0v) is 35.4. The van der Waals surface area contributed by atoms with Crippen LogP contribution in [0.5, 0.6) is 0 Å². The lowest BCUT2D eigenvalue weighted by molar-refractivity contribution is -0.313. The molecule has 14 atom stereocenters. The van der Waals surface area contributed by atoms with Gasteiger partial charge in [0.2, 0.25) is 0 Å². The van der Waals surface area contributed by atoms with Crippen LogP contribution in [-0.4, -0.2) is 132 Å². The molecule has 0 saturated carbocycles. The number of ether oxygens (including phenoxy) is 5. The summed E-state index contributed by atoms with van der Waals surface area (Å²) >= 11 is 0. The zero-order chi connectivity index (χ0) is 40.6. The van der Waals surface area contributed by atoms with Gasteiger partial charge >= 0.3 is 5.97 Å². The van der Waals surface area contributed by atoms with Gasteiger partial charge in [0.05, 0.1) is 47.6 Å². The van der Waals surface area contributed by atoms with Crippen LogP contribution in [0.3, 0.4) is 0 Å². The van der Waals surface area contributed by atoms with Gasteiger partial charge in [-0.25, -0.2) is 4.98 Å². The molecule has 4 aliphatic rings. The summed E-state index contributed by atoms with van der Waals surface area (Å²) in [7, 11) is 4.16. The Balaban J connectivity index is 1.61. The Morgan fingerprint density at radius 2 is 1.80 bits per heavy atom. The lowest BCUT2D eigenvalue weighted by Gasteiger charge is -2.50. The monoisotopic (exact) mass is 772 g/mol. The van der Waals surface area contributed by atoms with Crippen molar-refractivity contribution in [2.24, 2.45) is 17.8 Å². The molecule has 4 fully saturated rings. The number of aliphatic hydroxyl groups is 2. The number of nitriles is 1. The highest BCUT2D eigenvalue weighted by molar-refractivity contribution is 5.73. The van der Waals surface area contributed by atoms with E-state index in [1.807, 2.05) is 39.8 Å². The number of hydrogen-bond acceptors (Lipinski definition) is 13. The summed E-state index contributed by atoms with van der Waals surface area (Å²) in [6, 6.07) is 5.55. The number of aliphatic hydroxyl groups excluding tert-OH is 1. The van der Waals surface area contributed by atoms with E-state index in [0.717, 1.165) is 12.1 Å². The third-order valence-corrected chi connectivity index (χ3v) is 12.9. The van der Waals surface area contributed by atoms with Gasteiger partial charge in [-0.15, -0.1) is 0 Å². The Kier molecular flexibility index (Phi) is 13.7. The molecule has 1 aromatic heterocycles.